The Kier molecular flexibility index (Phi) is 6.77. The van der Waals surface area contributed by atoms with E-state index in [-0.39, 0.29) is 6.03 Å². The number of carbonyl (C=O) groups excluding carboxylic acids is 1. The Morgan fingerprint density at radius 1 is 1.27 bits per heavy atom. The second-order valence-corrected chi connectivity index (χ2v) is 4.09. The van der Waals surface area contributed by atoms with Crippen molar-refractivity contribution in [3.8, 4) is 0 Å². The fourth-order valence-corrected chi connectivity index (χ4v) is 1.15. The largest absolute Gasteiger partial charge is 0.361 e. The average molecular weight is 232 g/mol. The molecule has 0 aromatic rings. The molecule has 0 spiro atoms. The van der Waals surface area contributed by atoms with Gasteiger partial charge in [0, 0.05) is 33.2 Å². The fraction of sp³-hybridized carbons (Fsp3) is 0.778. The highest BCUT2D eigenvalue weighted by Crippen LogP contribution is 1.77. The van der Waals surface area contributed by atoms with Gasteiger partial charge >= 0.3 is 6.03 Å². The standard InChI is InChI=1S/C9H20N4OS/c1-7(2)12-8(15)10-5-6-11-9(14)13(3)4/h7H,5-6H2,1-4H3,(H,11,14)(H2,10,12,15). The zero-order chi connectivity index (χ0) is 11.8. The molecule has 0 saturated carbocycles. The molecular formula is C9H20N4OS. The lowest BCUT2D eigenvalue weighted by atomic mass is 10.4. The molecule has 6 heteroatoms. The quantitative estimate of drug-likeness (QED) is 0.476. The molecule has 0 bridgehead atoms. The minimum absolute atomic E-state index is 0.0977. The predicted octanol–water partition coefficient (Wildman–Crippen LogP) is 0.130. The maximum Gasteiger partial charge on any atom is 0.316 e. The van der Waals surface area contributed by atoms with Crippen LogP contribution >= 0.6 is 12.2 Å². The summed E-state index contributed by atoms with van der Waals surface area (Å²) in [4.78, 5) is 12.6. The van der Waals surface area contributed by atoms with Crippen molar-refractivity contribution < 1.29 is 4.79 Å². The molecular weight excluding hydrogens is 212 g/mol. The number of nitrogens with zero attached hydrogens (tertiary/aromatic N) is 1. The molecule has 88 valence electrons. The van der Waals surface area contributed by atoms with Gasteiger partial charge in [0.25, 0.3) is 0 Å². The highest BCUT2D eigenvalue weighted by molar-refractivity contribution is 7.80. The van der Waals surface area contributed by atoms with Crippen LogP contribution in [0, 0.1) is 0 Å². The number of amides is 2. The number of hydrogen-bond donors (Lipinski definition) is 3. The van der Waals surface area contributed by atoms with Crippen molar-refractivity contribution in [2.24, 2.45) is 0 Å². The van der Waals surface area contributed by atoms with Crippen LogP contribution in [-0.2, 0) is 0 Å². The van der Waals surface area contributed by atoms with E-state index >= 15 is 0 Å². The molecule has 0 atom stereocenters. The summed E-state index contributed by atoms with van der Waals surface area (Å²) >= 11 is 5.02. The molecule has 3 N–H and O–H groups in total. The van der Waals surface area contributed by atoms with E-state index in [1.165, 1.54) is 4.90 Å². The topological polar surface area (TPSA) is 56.4 Å². The highest BCUT2D eigenvalue weighted by atomic mass is 32.1. The van der Waals surface area contributed by atoms with E-state index in [1.807, 2.05) is 13.8 Å². The van der Waals surface area contributed by atoms with Gasteiger partial charge in [0.2, 0.25) is 0 Å². The number of carbonyl (C=O) groups is 1. The van der Waals surface area contributed by atoms with Gasteiger partial charge in [-0.25, -0.2) is 4.79 Å². The Balaban J connectivity index is 3.46. The molecule has 0 aliphatic heterocycles. The number of nitrogens with one attached hydrogen (secondary N) is 3. The summed E-state index contributed by atoms with van der Waals surface area (Å²) in [6.45, 7) is 5.21. The summed E-state index contributed by atoms with van der Waals surface area (Å²) in [6, 6.07) is 0.223. The Hall–Kier alpha value is -1.04. The van der Waals surface area contributed by atoms with Crippen molar-refractivity contribution in [1.82, 2.24) is 20.9 Å². The third-order valence-electron chi connectivity index (χ3n) is 1.51. The normalized spacial score (nSPS) is 9.67. The first kappa shape index (κ1) is 14.0. The zero-order valence-electron chi connectivity index (χ0n) is 9.76. The first-order chi connectivity index (χ1) is 6.93. The maximum atomic E-state index is 11.1. The highest BCUT2D eigenvalue weighted by Gasteiger charge is 2.01. The van der Waals surface area contributed by atoms with Crippen LogP contribution < -0.4 is 16.0 Å². The lowest BCUT2D eigenvalue weighted by molar-refractivity contribution is 0.217. The van der Waals surface area contributed by atoms with Gasteiger partial charge in [0.05, 0.1) is 0 Å². The minimum atomic E-state index is -0.0977. The van der Waals surface area contributed by atoms with Gasteiger partial charge in [0.15, 0.2) is 5.11 Å². The van der Waals surface area contributed by atoms with Crippen LogP contribution in [0.2, 0.25) is 0 Å². The number of thiocarbonyl (C=S) groups is 1. The number of urea groups is 1. The second kappa shape index (κ2) is 7.28. The van der Waals surface area contributed by atoms with Gasteiger partial charge in [0.1, 0.15) is 0 Å². The summed E-state index contributed by atoms with van der Waals surface area (Å²) in [5.41, 5.74) is 0. The van der Waals surface area contributed by atoms with Gasteiger partial charge in [-0.15, -0.1) is 0 Å². The molecule has 5 nitrogen and oxygen atoms in total. The first-order valence-electron chi connectivity index (χ1n) is 4.93. The van der Waals surface area contributed by atoms with Crippen molar-refractivity contribution >= 4 is 23.4 Å². The maximum absolute atomic E-state index is 11.1. The first-order valence-corrected chi connectivity index (χ1v) is 5.34. The summed E-state index contributed by atoms with van der Waals surface area (Å²) in [7, 11) is 3.40. The second-order valence-electron chi connectivity index (χ2n) is 3.68. The molecule has 0 radical (unpaired) electrons. The van der Waals surface area contributed by atoms with Crippen molar-refractivity contribution in [2.45, 2.75) is 19.9 Å². The summed E-state index contributed by atoms with van der Waals surface area (Å²) in [5, 5.41) is 9.39. The number of hydrogen-bond acceptors (Lipinski definition) is 2. The van der Waals surface area contributed by atoms with Crippen LogP contribution in [0.3, 0.4) is 0 Å². The van der Waals surface area contributed by atoms with Gasteiger partial charge in [-0.3, -0.25) is 0 Å². The summed E-state index contributed by atoms with van der Waals surface area (Å²) in [5.74, 6) is 0. The Bertz CT molecular complexity index is 218. The SMILES string of the molecule is CC(C)NC(=S)NCCNC(=O)N(C)C. The third-order valence-corrected chi connectivity index (χ3v) is 1.77. The van der Waals surface area contributed by atoms with Gasteiger partial charge in [-0.2, -0.15) is 0 Å². The lowest BCUT2D eigenvalue weighted by Gasteiger charge is -2.14. The monoisotopic (exact) mass is 232 g/mol. The van der Waals surface area contributed by atoms with Crippen LogP contribution in [0.25, 0.3) is 0 Å². The van der Waals surface area contributed by atoms with Crippen LogP contribution in [0.4, 0.5) is 4.79 Å². The van der Waals surface area contributed by atoms with Gasteiger partial charge in [-0.05, 0) is 26.1 Å². The number of rotatable bonds is 4. The molecule has 0 rings (SSSR count). The molecule has 0 heterocycles. The average Bonchev–Trinajstić information content (AvgIpc) is 2.10. The van der Waals surface area contributed by atoms with Crippen LogP contribution in [0.1, 0.15) is 13.8 Å². The van der Waals surface area contributed by atoms with Crippen LogP contribution in [-0.4, -0.2) is 49.3 Å². The molecule has 0 fully saturated rings. The van der Waals surface area contributed by atoms with Crippen molar-refractivity contribution in [3.63, 3.8) is 0 Å². The minimum Gasteiger partial charge on any atom is -0.361 e. The van der Waals surface area contributed by atoms with Gasteiger partial charge in [-0.1, -0.05) is 0 Å². The van der Waals surface area contributed by atoms with E-state index in [0.29, 0.717) is 24.2 Å². The van der Waals surface area contributed by atoms with E-state index < -0.39 is 0 Å². The lowest BCUT2D eigenvalue weighted by Crippen LogP contribution is -2.44. The van der Waals surface area contributed by atoms with E-state index in [0.717, 1.165) is 0 Å². The van der Waals surface area contributed by atoms with Crippen molar-refractivity contribution in [2.75, 3.05) is 27.2 Å². The molecule has 0 aromatic carbocycles. The van der Waals surface area contributed by atoms with Crippen molar-refractivity contribution in [1.29, 1.82) is 0 Å². The predicted molar refractivity (Wildman–Crippen MR) is 66.0 cm³/mol. The summed E-state index contributed by atoms with van der Waals surface area (Å²) < 4.78 is 0. The van der Waals surface area contributed by atoms with E-state index in [4.69, 9.17) is 12.2 Å². The molecule has 0 aliphatic rings. The molecule has 0 unspecified atom stereocenters. The molecule has 0 aromatic heterocycles. The van der Waals surface area contributed by atoms with E-state index in [1.54, 1.807) is 14.1 Å². The van der Waals surface area contributed by atoms with Crippen LogP contribution in [0.15, 0.2) is 0 Å². The third kappa shape index (κ3) is 7.99. The summed E-state index contributed by atoms with van der Waals surface area (Å²) in [6.07, 6.45) is 0. The van der Waals surface area contributed by atoms with E-state index in [9.17, 15) is 4.79 Å². The Morgan fingerprint density at radius 2 is 1.80 bits per heavy atom. The molecule has 15 heavy (non-hydrogen) atoms. The Morgan fingerprint density at radius 3 is 2.27 bits per heavy atom. The van der Waals surface area contributed by atoms with Crippen molar-refractivity contribution in [3.05, 3.63) is 0 Å². The Labute approximate surface area is 96.6 Å². The smallest absolute Gasteiger partial charge is 0.316 e. The molecule has 0 saturated heterocycles. The van der Waals surface area contributed by atoms with Crippen LogP contribution in [0.5, 0.6) is 0 Å². The zero-order valence-corrected chi connectivity index (χ0v) is 10.6. The molecule has 0 aliphatic carbocycles. The fourth-order valence-electron chi connectivity index (χ4n) is 0.817. The van der Waals surface area contributed by atoms with Gasteiger partial charge < -0.3 is 20.9 Å². The molecule has 2 amide bonds. The van der Waals surface area contributed by atoms with E-state index in [2.05, 4.69) is 16.0 Å².